The minimum atomic E-state index is -0.919. The fourth-order valence-corrected chi connectivity index (χ4v) is 3.42. The van der Waals surface area contributed by atoms with Crippen LogP contribution in [-0.4, -0.2) is 28.7 Å². The Morgan fingerprint density at radius 3 is 2.68 bits per heavy atom. The number of nitriles is 1. The van der Waals surface area contributed by atoms with E-state index in [1.807, 2.05) is 39.0 Å². The first-order chi connectivity index (χ1) is 10.2. The lowest BCUT2D eigenvalue weighted by Gasteiger charge is -2.47. The van der Waals surface area contributed by atoms with Crippen LogP contribution in [0, 0.1) is 16.7 Å². The Morgan fingerprint density at radius 1 is 1.50 bits per heavy atom. The zero-order chi connectivity index (χ0) is 16.5. The van der Waals surface area contributed by atoms with Crippen molar-refractivity contribution in [2.45, 2.75) is 45.1 Å². The monoisotopic (exact) mass is 320 g/mol. The summed E-state index contributed by atoms with van der Waals surface area (Å²) in [6.45, 7) is 6.40. The van der Waals surface area contributed by atoms with Crippen molar-refractivity contribution in [1.29, 1.82) is 5.26 Å². The average Bonchev–Trinajstić information content (AvgIpc) is 2.45. The molecule has 22 heavy (non-hydrogen) atoms. The quantitative estimate of drug-likeness (QED) is 0.839. The predicted octanol–water partition coefficient (Wildman–Crippen LogP) is 4.29. The second-order valence-electron chi connectivity index (χ2n) is 7.02. The molecule has 1 N–H and O–H groups in total. The molecule has 5 heteroatoms. The van der Waals surface area contributed by atoms with Gasteiger partial charge in [-0.25, -0.2) is 4.79 Å². The van der Waals surface area contributed by atoms with Crippen LogP contribution in [0.4, 0.5) is 4.79 Å². The first-order valence-electron chi connectivity index (χ1n) is 7.36. The molecular weight excluding hydrogens is 300 g/mol. The van der Waals surface area contributed by atoms with Crippen LogP contribution in [0.1, 0.15) is 39.2 Å². The van der Waals surface area contributed by atoms with E-state index in [9.17, 15) is 15.2 Å². The van der Waals surface area contributed by atoms with Gasteiger partial charge in [-0.2, -0.15) is 5.26 Å². The summed E-state index contributed by atoms with van der Waals surface area (Å²) in [7, 11) is 0. The van der Waals surface area contributed by atoms with Crippen LogP contribution < -0.4 is 0 Å². The number of nitrogens with zero attached hydrogens (tertiary/aromatic N) is 2. The van der Waals surface area contributed by atoms with E-state index >= 15 is 0 Å². The van der Waals surface area contributed by atoms with Crippen LogP contribution in [0.25, 0.3) is 0 Å². The minimum absolute atomic E-state index is 0.211. The van der Waals surface area contributed by atoms with Crippen molar-refractivity contribution in [1.82, 2.24) is 4.90 Å². The third-order valence-corrected chi connectivity index (χ3v) is 4.77. The molecule has 0 aromatic heterocycles. The van der Waals surface area contributed by atoms with Gasteiger partial charge in [-0.3, -0.25) is 0 Å². The maximum Gasteiger partial charge on any atom is 0.407 e. The molecule has 0 saturated carbocycles. The first-order valence-corrected chi connectivity index (χ1v) is 7.74. The maximum absolute atomic E-state index is 11.5. The summed E-state index contributed by atoms with van der Waals surface area (Å²) in [5.74, 6) is 0. The summed E-state index contributed by atoms with van der Waals surface area (Å²) in [4.78, 5) is 13.0. The number of rotatable bonds is 1. The van der Waals surface area contributed by atoms with Crippen LogP contribution in [0.3, 0.4) is 0 Å². The number of halogens is 1. The first kappa shape index (κ1) is 16.6. The molecule has 118 valence electrons. The summed E-state index contributed by atoms with van der Waals surface area (Å²) in [5.41, 5.74) is -0.0457. The molecule has 0 radical (unpaired) electrons. The predicted molar refractivity (Wildman–Crippen MR) is 86.0 cm³/mol. The summed E-state index contributed by atoms with van der Waals surface area (Å²) in [6.07, 6.45) is 0.0556. The second-order valence-corrected chi connectivity index (χ2v) is 7.45. The van der Waals surface area contributed by atoms with Crippen LogP contribution in [0.2, 0.25) is 5.02 Å². The van der Waals surface area contributed by atoms with E-state index in [-0.39, 0.29) is 11.5 Å². The van der Waals surface area contributed by atoms with E-state index in [0.29, 0.717) is 24.4 Å². The van der Waals surface area contributed by atoms with Crippen molar-refractivity contribution < 1.29 is 9.90 Å². The number of carboxylic acid groups (broad SMARTS) is 1. The summed E-state index contributed by atoms with van der Waals surface area (Å²) in [6, 6.07) is 9.58. The Hall–Kier alpha value is -1.73. The van der Waals surface area contributed by atoms with Gasteiger partial charge in [0.25, 0.3) is 0 Å². The molecule has 2 atom stereocenters. The van der Waals surface area contributed by atoms with Gasteiger partial charge in [-0.1, -0.05) is 44.5 Å². The van der Waals surface area contributed by atoms with Crippen molar-refractivity contribution >= 4 is 17.7 Å². The highest BCUT2D eigenvalue weighted by molar-refractivity contribution is 6.30. The number of amides is 1. The molecular formula is C17H21ClN2O2. The van der Waals surface area contributed by atoms with Gasteiger partial charge in [0.1, 0.15) is 0 Å². The van der Waals surface area contributed by atoms with Crippen molar-refractivity contribution in [3.8, 4) is 6.07 Å². The van der Waals surface area contributed by atoms with E-state index < -0.39 is 11.5 Å². The van der Waals surface area contributed by atoms with Crippen molar-refractivity contribution in [2.75, 3.05) is 6.54 Å². The van der Waals surface area contributed by atoms with Gasteiger partial charge in [-0.15, -0.1) is 0 Å². The summed E-state index contributed by atoms with van der Waals surface area (Å²) >= 11 is 6.07. The lowest BCUT2D eigenvalue weighted by Crippen LogP contribution is -2.55. The van der Waals surface area contributed by atoms with Crippen LogP contribution >= 0.6 is 11.6 Å². The largest absolute Gasteiger partial charge is 0.465 e. The smallest absolute Gasteiger partial charge is 0.407 e. The fraction of sp³-hybridized carbons (Fsp3) is 0.529. The molecule has 4 nitrogen and oxygen atoms in total. The van der Waals surface area contributed by atoms with E-state index in [1.165, 1.54) is 4.90 Å². The number of hydrogen-bond acceptors (Lipinski definition) is 2. The lowest BCUT2D eigenvalue weighted by atomic mass is 9.66. The number of benzene rings is 1. The number of piperidine rings is 1. The Morgan fingerprint density at radius 2 is 2.18 bits per heavy atom. The van der Waals surface area contributed by atoms with Crippen LogP contribution in [0.15, 0.2) is 24.3 Å². The van der Waals surface area contributed by atoms with E-state index in [1.54, 1.807) is 6.07 Å². The standard InChI is InChI=1S/C17H21ClN2O2/c1-16(2,3)14-10-17(11-19,7-8-20(14)15(21)22)12-5-4-6-13(18)9-12/h4-6,9,14H,7-8,10H2,1-3H3,(H,21,22). The van der Waals surface area contributed by atoms with Gasteiger partial charge >= 0.3 is 6.09 Å². The highest BCUT2D eigenvalue weighted by Crippen LogP contribution is 2.43. The highest BCUT2D eigenvalue weighted by Gasteiger charge is 2.47. The summed E-state index contributed by atoms with van der Waals surface area (Å²) < 4.78 is 0. The van der Waals surface area contributed by atoms with E-state index in [2.05, 4.69) is 6.07 Å². The Labute approximate surface area is 136 Å². The lowest BCUT2D eigenvalue weighted by molar-refractivity contribution is 0.0413. The Kier molecular flexibility index (Phi) is 4.39. The third kappa shape index (κ3) is 3.05. The zero-order valence-corrected chi connectivity index (χ0v) is 13.9. The van der Waals surface area contributed by atoms with Crippen LogP contribution in [0.5, 0.6) is 0 Å². The van der Waals surface area contributed by atoms with Crippen molar-refractivity contribution in [2.24, 2.45) is 5.41 Å². The van der Waals surface area contributed by atoms with Gasteiger partial charge in [-0.05, 0) is 36.0 Å². The van der Waals surface area contributed by atoms with Crippen molar-refractivity contribution in [3.05, 3.63) is 34.9 Å². The molecule has 1 aromatic rings. The maximum atomic E-state index is 11.5. The van der Waals surface area contributed by atoms with Crippen molar-refractivity contribution in [3.63, 3.8) is 0 Å². The van der Waals surface area contributed by atoms with Gasteiger partial charge in [0.05, 0.1) is 11.5 Å². The van der Waals surface area contributed by atoms with Gasteiger partial charge in [0.15, 0.2) is 0 Å². The number of hydrogen-bond donors (Lipinski definition) is 1. The Balaban J connectivity index is 2.44. The minimum Gasteiger partial charge on any atom is -0.465 e. The zero-order valence-electron chi connectivity index (χ0n) is 13.1. The van der Waals surface area contributed by atoms with E-state index in [4.69, 9.17) is 11.6 Å². The molecule has 1 saturated heterocycles. The normalized spacial score (nSPS) is 25.6. The molecule has 0 bridgehead atoms. The molecule has 2 rings (SSSR count). The van der Waals surface area contributed by atoms with Gasteiger partial charge in [0.2, 0.25) is 0 Å². The number of likely N-dealkylation sites (tertiary alicyclic amines) is 1. The fourth-order valence-electron chi connectivity index (χ4n) is 3.23. The molecule has 2 unspecified atom stereocenters. The van der Waals surface area contributed by atoms with Crippen LogP contribution in [-0.2, 0) is 5.41 Å². The topological polar surface area (TPSA) is 64.3 Å². The third-order valence-electron chi connectivity index (χ3n) is 4.53. The number of carbonyl (C=O) groups is 1. The molecule has 1 aliphatic rings. The molecule has 0 aliphatic carbocycles. The average molecular weight is 321 g/mol. The molecule has 1 heterocycles. The SMILES string of the molecule is CC(C)(C)C1CC(C#N)(c2cccc(Cl)c2)CCN1C(=O)O. The second kappa shape index (κ2) is 5.81. The van der Waals surface area contributed by atoms with Gasteiger partial charge < -0.3 is 10.0 Å². The molecule has 1 aromatic carbocycles. The molecule has 1 fully saturated rings. The molecule has 0 spiro atoms. The van der Waals surface area contributed by atoms with E-state index in [0.717, 1.165) is 5.56 Å². The molecule has 1 amide bonds. The summed E-state index contributed by atoms with van der Waals surface area (Å²) in [5, 5.41) is 19.9. The Bertz CT molecular complexity index is 618. The molecule has 1 aliphatic heterocycles. The van der Waals surface area contributed by atoms with Gasteiger partial charge in [0, 0.05) is 17.6 Å². The highest BCUT2D eigenvalue weighted by atomic mass is 35.5.